The second kappa shape index (κ2) is 5.27. The molecule has 2 rings (SSSR count). The first kappa shape index (κ1) is 12.7. The van der Waals surface area contributed by atoms with Gasteiger partial charge in [-0.05, 0) is 24.6 Å². The number of rotatable bonds is 3. The molecule has 3 heteroatoms. The highest BCUT2D eigenvalue weighted by Gasteiger charge is 2.22. The van der Waals surface area contributed by atoms with Gasteiger partial charge >= 0.3 is 0 Å². The van der Waals surface area contributed by atoms with Crippen LogP contribution in [0.15, 0.2) is 42.6 Å². The van der Waals surface area contributed by atoms with Crippen molar-refractivity contribution in [3.05, 3.63) is 65.2 Å². The smallest absolute Gasteiger partial charge is 0.131 e. The lowest BCUT2D eigenvalue weighted by Gasteiger charge is -2.19. The second-order valence-corrected chi connectivity index (χ2v) is 4.47. The molecule has 2 aromatic rings. The van der Waals surface area contributed by atoms with E-state index in [9.17, 15) is 9.50 Å². The van der Waals surface area contributed by atoms with Gasteiger partial charge in [0.2, 0.25) is 0 Å². The molecule has 2 atom stereocenters. The van der Waals surface area contributed by atoms with Gasteiger partial charge in [0.1, 0.15) is 5.82 Å². The highest BCUT2D eigenvalue weighted by atomic mass is 19.1. The maximum Gasteiger partial charge on any atom is 0.131 e. The molecule has 1 N–H and O–H groups in total. The lowest BCUT2D eigenvalue weighted by atomic mass is 9.93. The van der Waals surface area contributed by atoms with Gasteiger partial charge in [-0.2, -0.15) is 0 Å². The van der Waals surface area contributed by atoms with E-state index in [0.29, 0.717) is 11.1 Å². The minimum atomic E-state index is -0.889. The summed E-state index contributed by atoms with van der Waals surface area (Å²) in [4.78, 5) is 4.19. The molecule has 0 fully saturated rings. The third-order valence-electron chi connectivity index (χ3n) is 3.17. The van der Waals surface area contributed by atoms with Gasteiger partial charge in [0.15, 0.2) is 0 Å². The molecule has 0 aliphatic carbocycles. The average Bonchev–Trinajstić information content (AvgIpc) is 2.41. The van der Waals surface area contributed by atoms with Crippen LogP contribution in [-0.2, 0) is 0 Å². The van der Waals surface area contributed by atoms with Crippen LogP contribution < -0.4 is 0 Å². The summed E-state index contributed by atoms with van der Waals surface area (Å²) in [6.45, 7) is 3.53. The summed E-state index contributed by atoms with van der Waals surface area (Å²) in [6.07, 6.45) is 0.783. The number of aliphatic hydroxyl groups excluding tert-OH is 1. The van der Waals surface area contributed by atoms with E-state index in [1.165, 1.54) is 0 Å². The van der Waals surface area contributed by atoms with E-state index in [-0.39, 0.29) is 11.7 Å². The van der Waals surface area contributed by atoms with Crippen molar-refractivity contribution >= 4 is 0 Å². The third kappa shape index (κ3) is 2.41. The Bertz CT molecular complexity index is 527. The fourth-order valence-electron chi connectivity index (χ4n) is 1.97. The van der Waals surface area contributed by atoms with Crippen molar-refractivity contribution in [2.75, 3.05) is 0 Å². The van der Waals surface area contributed by atoms with E-state index in [0.717, 1.165) is 5.69 Å². The molecule has 0 saturated heterocycles. The molecule has 2 unspecified atom stereocenters. The predicted molar refractivity (Wildman–Crippen MR) is 68.7 cm³/mol. The summed E-state index contributed by atoms with van der Waals surface area (Å²) in [6, 6.07) is 10.6. The van der Waals surface area contributed by atoms with Gasteiger partial charge in [-0.25, -0.2) is 4.39 Å². The van der Waals surface area contributed by atoms with E-state index in [4.69, 9.17) is 0 Å². The number of aryl methyl sites for hydroxylation is 1. The van der Waals surface area contributed by atoms with Crippen molar-refractivity contribution in [3.63, 3.8) is 0 Å². The number of hydrogen-bond acceptors (Lipinski definition) is 2. The van der Waals surface area contributed by atoms with Gasteiger partial charge in [-0.1, -0.05) is 31.2 Å². The Morgan fingerprint density at radius 2 is 1.94 bits per heavy atom. The van der Waals surface area contributed by atoms with Gasteiger partial charge in [-0.15, -0.1) is 0 Å². The first-order chi connectivity index (χ1) is 8.61. The molecule has 0 radical (unpaired) electrons. The molecular formula is C15H16FNO. The van der Waals surface area contributed by atoms with Crippen LogP contribution in [0, 0.1) is 12.7 Å². The van der Waals surface area contributed by atoms with Crippen LogP contribution in [-0.4, -0.2) is 10.1 Å². The topological polar surface area (TPSA) is 33.1 Å². The highest BCUT2D eigenvalue weighted by Crippen LogP contribution is 2.31. The second-order valence-electron chi connectivity index (χ2n) is 4.47. The minimum absolute atomic E-state index is 0.248. The number of pyridine rings is 1. The number of hydrogen-bond donors (Lipinski definition) is 1. The van der Waals surface area contributed by atoms with Gasteiger partial charge in [0, 0.05) is 23.4 Å². The van der Waals surface area contributed by atoms with Crippen LogP contribution in [0.4, 0.5) is 4.39 Å². The fraction of sp³-hybridized carbons (Fsp3) is 0.267. The lowest BCUT2D eigenvalue weighted by molar-refractivity contribution is 0.145. The molecule has 0 aliphatic rings. The number of aromatic nitrogens is 1. The van der Waals surface area contributed by atoms with Crippen molar-refractivity contribution < 1.29 is 9.50 Å². The largest absolute Gasteiger partial charge is 0.388 e. The van der Waals surface area contributed by atoms with Crippen molar-refractivity contribution in [1.29, 1.82) is 0 Å². The molecule has 0 bridgehead atoms. The van der Waals surface area contributed by atoms with Crippen LogP contribution in [0.25, 0.3) is 0 Å². The SMILES string of the molecule is Cc1cccc(C(O)C(C)c2ccccn2)c1F. The molecule has 2 nitrogen and oxygen atoms in total. The molecule has 0 spiro atoms. The normalized spacial score (nSPS) is 14.2. The van der Waals surface area contributed by atoms with Gasteiger partial charge in [0.05, 0.1) is 6.10 Å². The number of nitrogens with zero attached hydrogens (tertiary/aromatic N) is 1. The Morgan fingerprint density at radius 3 is 2.61 bits per heavy atom. The van der Waals surface area contributed by atoms with Crippen LogP contribution in [0.1, 0.15) is 35.8 Å². The molecule has 0 saturated carbocycles. The molecule has 1 aromatic carbocycles. The third-order valence-corrected chi connectivity index (χ3v) is 3.17. The van der Waals surface area contributed by atoms with E-state index in [2.05, 4.69) is 4.98 Å². The summed E-state index contributed by atoms with van der Waals surface area (Å²) < 4.78 is 13.9. The Kier molecular flexibility index (Phi) is 3.72. The monoisotopic (exact) mass is 245 g/mol. The zero-order chi connectivity index (χ0) is 13.1. The molecule has 0 amide bonds. The quantitative estimate of drug-likeness (QED) is 0.899. The number of halogens is 1. The molecule has 18 heavy (non-hydrogen) atoms. The Labute approximate surface area is 106 Å². The zero-order valence-corrected chi connectivity index (χ0v) is 10.5. The molecular weight excluding hydrogens is 229 g/mol. The first-order valence-electron chi connectivity index (χ1n) is 5.95. The van der Waals surface area contributed by atoms with Gasteiger partial charge in [-0.3, -0.25) is 4.98 Å². The first-order valence-corrected chi connectivity index (χ1v) is 5.95. The number of benzene rings is 1. The van der Waals surface area contributed by atoms with Crippen molar-refractivity contribution in [1.82, 2.24) is 4.98 Å². The molecule has 94 valence electrons. The Hall–Kier alpha value is -1.74. The summed E-state index contributed by atoms with van der Waals surface area (Å²) in [7, 11) is 0. The summed E-state index contributed by atoms with van der Waals surface area (Å²) >= 11 is 0. The van der Waals surface area contributed by atoms with E-state index in [1.54, 1.807) is 31.3 Å². The Morgan fingerprint density at radius 1 is 1.17 bits per heavy atom. The number of aliphatic hydroxyl groups is 1. The zero-order valence-electron chi connectivity index (χ0n) is 10.5. The van der Waals surface area contributed by atoms with Crippen molar-refractivity contribution in [2.24, 2.45) is 0 Å². The molecule has 0 aliphatic heterocycles. The summed E-state index contributed by atoms with van der Waals surface area (Å²) in [5.41, 5.74) is 1.62. The maximum atomic E-state index is 13.9. The standard InChI is InChI=1S/C15H16FNO/c1-10-6-5-7-12(14(10)16)15(18)11(2)13-8-3-4-9-17-13/h3-9,11,15,18H,1-2H3. The van der Waals surface area contributed by atoms with E-state index >= 15 is 0 Å². The van der Waals surface area contributed by atoms with Gasteiger partial charge in [0.25, 0.3) is 0 Å². The minimum Gasteiger partial charge on any atom is -0.388 e. The van der Waals surface area contributed by atoms with E-state index < -0.39 is 6.10 Å². The van der Waals surface area contributed by atoms with Crippen molar-refractivity contribution in [2.45, 2.75) is 25.9 Å². The Balaban J connectivity index is 2.31. The van der Waals surface area contributed by atoms with Crippen LogP contribution in [0.5, 0.6) is 0 Å². The van der Waals surface area contributed by atoms with Crippen LogP contribution >= 0.6 is 0 Å². The molecule has 1 aromatic heterocycles. The van der Waals surface area contributed by atoms with Gasteiger partial charge < -0.3 is 5.11 Å². The summed E-state index contributed by atoms with van der Waals surface area (Å²) in [5, 5.41) is 10.3. The lowest BCUT2D eigenvalue weighted by Crippen LogP contribution is -2.11. The maximum absolute atomic E-state index is 13.9. The molecule has 1 heterocycles. The highest BCUT2D eigenvalue weighted by molar-refractivity contribution is 5.29. The average molecular weight is 245 g/mol. The predicted octanol–water partition coefficient (Wildman–Crippen LogP) is 3.37. The van der Waals surface area contributed by atoms with Crippen LogP contribution in [0.2, 0.25) is 0 Å². The summed E-state index contributed by atoms with van der Waals surface area (Å²) in [5.74, 6) is -0.588. The van der Waals surface area contributed by atoms with Crippen molar-refractivity contribution in [3.8, 4) is 0 Å². The fourth-order valence-corrected chi connectivity index (χ4v) is 1.97. The van der Waals surface area contributed by atoms with Crippen LogP contribution in [0.3, 0.4) is 0 Å². The van der Waals surface area contributed by atoms with E-state index in [1.807, 2.05) is 25.1 Å².